The van der Waals surface area contributed by atoms with Crippen molar-refractivity contribution in [2.75, 3.05) is 0 Å². The third kappa shape index (κ3) is 10.9. The van der Waals surface area contributed by atoms with Gasteiger partial charge in [-0.25, -0.2) is 0 Å². The van der Waals surface area contributed by atoms with Crippen molar-refractivity contribution in [3.63, 3.8) is 0 Å². The van der Waals surface area contributed by atoms with Crippen LogP contribution in [0.3, 0.4) is 0 Å². The number of hydrogen-bond acceptors (Lipinski definition) is 2. The fourth-order valence-electron chi connectivity index (χ4n) is 11.6. The van der Waals surface area contributed by atoms with Gasteiger partial charge in [-0.05, 0) is 111 Å². The van der Waals surface area contributed by atoms with Crippen molar-refractivity contribution in [1.29, 1.82) is 0 Å². The molecule has 0 spiro atoms. The van der Waals surface area contributed by atoms with Crippen LogP contribution in [0.5, 0.6) is 0 Å². The maximum atomic E-state index is 12.8. The molecule has 0 N–H and O–H groups in total. The van der Waals surface area contributed by atoms with Gasteiger partial charge >= 0.3 is 5.97 Å². The first-order valence-corrected chi connectivity index (χ1v) is 21.9. The highest BCUT2D eigenvalue weighted by atomic mass is 16.5. The summed E-state index contributed by atoms with van der Waals surface area (Å²) in [7, 11) is 0. The van der Waals surface area contributed by atoms with Gasteiger partial charge in [0.2, 0.25) is 0 Å². The van der Waals surface area contributed by atoms with E-state index in [0.29, 0.717) is 29.1 Å². The summed E-state index contributed by atoms with van der Waals surface area (Å²) in [5.41, 5.74) is 3.70. The minimum absolute atomic E-state index is 0.0553. The van der Waals surface area contributed by atoms with Gasteiger partial charge in [0.1, 0.15) is 6.10 Å². The van der Waals surface area contributed by atoms with Gasteiger partial charge in [0.25, 0.3) is 0 Å². The first-order chi connectivity index (χ1) is 23.6. The van der Waals surface area contributed by atoms with Crippen LogP contribution in [-0.2, 0) is 9.53 Å². The molecular weight excluding hydrogens is 597 g/mol. The maximum absolute atomic E-state index is 12.8. The molecule has 0 amide bonds. The van der Waals surface area contributed by atoms with Crippen LogP contribution in [0, 0.1) is 46.3 Å². The van der Waals surface area contributed by atoms with Gasteiger partial charge < -0.3 is 4.74 Å². The number of carbonyl (C=O) groups excluding carboxylic acids is 1. The van der Waals surface area contributed by atoms with Crippen LogP contribution in [0.25, 0.3) is 0 Å². The van der Waals surface area contributed by atoms with Gasteiger partial charge in [-0.3, -0.25) is 4.79 Å². The van der Waals surface area contributed by atoms with Crippen LogP contribution in [0.15, 0.2) is 36.0 Å². The Hall–Kier alpha value is -1.31. The average molecular weight is 677 g/mol. The highest BCUT2D eigenvalue weighted by Gasteiger charge is 2.59. The summed E-state index contributed by atoms with van der Waals surface area (Å²) < 4.78 is 6.14. The Labute approximate surface area is 305 Å². The van der Waals surface area contributed by atoms with Crippen molar-refractivity contribution in [2.24, 2.45) is 46.3 Å². The van der Waals surface area contributed by atoms with Crippen LogP contribution in [0.1, 0.15) is 202 Å². The van der Waals surface area contributed by atoms with E-state index in [2.05, 4.69) is 66.3 Å². The first kappa shape index (κ1) is 40.5. The number of allylic oxidation sites excluding steroid dienone is 4. The van der Waals surface area contributed by atoms with Gasteiger partial charge in [-0.15, -0.1) is 0 Å². The second-order valence-corrected chi connectivity index (χ2v) is 18.1. The molecule has 0 saturated heterocycles. The minimum Gasteiger partial charge on any atom is -0.462 e. The van der Waals surface area contributed by atoms with Gasteiger partial charge in [0.15, 0.2) is 0 Å². The fourth-order valence-corrected chi connectivity index (χ4v) is 11.6. The monoisotopic (exact) mass is 677 g/mol. The number of rotatable bonds is 22. The van der Waals surface area contributed by atoms with E-state index in [0.717, 1.165) is 49.4 Å². The molecule has 4 aliphatic carbocycles. The lowest BCUT2D eigenvalue weighted by molar-refractivity contribution is -0.151. The molecule has 3 saturated carbocycles. The van der Waals surface area contributed by atoms with Crippen LogP contribution in [-0.4, -0.2) is 12.1 Å². The quantitative estimate of drug-likeness (QED) is 0.0648. The summed E-state index contributed by atoms with van der Waals surface area (Å²) in [6.45, 7) is 18.8. The Balaban J connectivity index is 1.13. The Kier molecular flexibility index (Phi) is 16.6. The number of ether oxygens (including phenoxy) is 1. The molecule has 0 radical (unpaired) electrons. The van der Waals surface area contributed by atoms with Crippen molar-refractivity contribution < 1.29 is 9.53 Å². The Morgan fingerprint density at radius 2 is 1.45 bits per heavy atom. The highest BCUT2D eigenvalue weighted by molar-refractivity contribution is 5.69. The molecule has 0 aliphatic heterocycles. The molecule has 280 valence electrons. The molecule has 0 heterocycles. The van der Waals surface area contributed by atoms with E-state index >= 15 is 0 Å². The zero-order valence-electron chi connectivity index (χ0n) is 33.5. The van der Waals surface area contributed by atoms with Crippen LogP contribution < -0.4 is 0 Å². The molecule has 9 atom stereocenters. The highest BCUT2D eigenvalue weighted by Crippen LogP contribution is 2.67. The predicted octanol–water partition coefficient (Wildman–Crippen LogP) is 14.5. The van der Waals surface area contributed by atoms with Crippen molar-refractivity contribution in [3.8, 4) is 0 Å². The van der Waals surface area contributed by atoms with E-state index < -0.39 is 0 Å². The van der Waals surface area contributed by atoms with Crippen molar-refractivity contribution >= 4 is 5.97 Å². The molecule has 4 aliphatic rings. The molecule has 0 bridgehead atoms. The zero-order chi connectivity index (χ0) is 35.3. The predicted molar refractivity (Wildman–Crippen MR) is 212 cm³/mol. The van der Waals surface area contributed by atoms with Crippen LogP contribution >= 0.6 is 0 Å². The number of carbonyl (C=O) groups is 1. The minimum atomic E-state index is 0.0553. The molecule has 0 aromatic heterocycles. The lowest BCUT2D eigenvalue weighted by Gasteiger charge is -2.58. The third-order valence-electron chi connectivity index (χ3n) is 14.8. The van der Waals surface area contributed by atoms with Gasteiger partial charge in [0.05, 0.1) is 0 Å². The van der Waals surface area contributed by atoms with Gasteiger partial charge in [-0.1, -0.05) is 160 Å². The SMILES string of the molecule is C=C(C)[C@H](/C=C/[C@@H](C)[C@H]1CC[C@H]2[C@@H]3CC=C4C[C@@H](OC(=O)CCCCCCCCCCCCCCCCC)CC[C@]4(C)[C@H]3CC[C@]12C)CC. The zero-order valence-corrected chi connectivity index (χ0v) is 33.5. The number of hydrogen-bond donors (Lipinski definition) is 0. The second-order valence-electron chi connectivity index (χ2n) is 18.1. The van der Waals surface area contributed by atoms with E-state index in [1.165, 1.54) is 134 Å². The second kappa shape index (κ2) is 20.1. The van der Waals surface area contributed by atoms with Crippen molar-refractivity contribution in [3.05, 3.63) is 36.0 Å². The normalized spacial score (nSPS) is 32.2. The summed E-state index contributed by atoms with van der Waals surface area (Å²) in [6, 6.07) is 0. The third-order valence-corrected chi connectivity index (χ3v) is 14.8. The Bertz CT molecular complexity index is 1070. The average Bonchev–Trinajstić information content (AvgIpc) is 3.44. The first-order valence-electron chi connectivity index (χ1n) is 21.9. The molecule has 2 nitrogen and oxygen atoms in total. The lowest BCUT2D eigenvalue weighted by atomic mass is 9.47. The molecule has 4 rings (SSSR count). The summed E-state index contributed by atoms with van der Waals surface area (Å²) in [4.78, 5) is 12.8. The van der Waals surface area contributed by atoms with E-state index in [1.807, 2.05) is 0 Å². The summed E-state index contributed by atoms with van der Waals surface area (Å²) in [6.07, 6.45) is 39.9. The topological polar surface area (TPSA) is 26.3 Å². The molecule has 0 aromatic carbocycles. The number of unbranched alkanes of at least 4 members (excludes halogenated alkanes) is 14. The van der Waals surface area contributed by atoms with E-state index in [-0.39, 0.29) is 12.1 Å². The lowest BCUT2D eigenvalue weighted by Crippen LogP contribution is -2.51. The van der Waals surface area contributed by atoms with Crippen molar-refractivity contribution in [1.82, 2.24) is 0 Å². The van der Waals surface area contributed by atoms with E-state index in [9.17, 15) is 4.79 Å². The van der Waals surface area contributed by atoms with E-state index in [4.69, 9.17) is 4.74 Å². The van der Waals surface area contributed by atoms with Crippen LogP contribution in [0.2, 0.25) is 0 Å². The molecule has 0 aromatic rings. The maximum Gasteiger partial charge on any atom is 0.306 e. The molecule has 0 unspecified atom stereocenters. The molecule has 2 heteroatoms. The van der Waals surface area contributed by atoms with Gasteiger partial charge in [-0.2, -0.15) is 0 Å². The largest absolute Gasteiger partial charge is 0.462 e. The summed E-state index contributed by atoms with van der Waals surface area (Å²) >= 11 is 0. The van der Waals surface area contributed by atoms with E-state index in [1.54, 1.807) is 5.57 Å². The summed E-state index contributed by atoms with van der Waals surface area (Å²) in [5, 5.41) is 0. The smallest absolute Gasteiger partial charge is 0.306 e. The standard InChI is InChI=1S/C47H80O2/c1-8-10-11-12-13-14-15-16-17-18-19-20-21-22-23-24-45(48)49-40-31-33-46(6)39(35-40)27-28-41-43-30-29-42(47(43,7)34-32-44(41)46)37(5)25-26-38(9-2)36(3)4/h25-27,37-38,40-44H,3,8-24,28-35H2,1-2,4-7H3/b26-25+/t37-,38+,40+,41+,42-,43+,44+,46+,47-/m1/s1. The number of esters is 1. The fraction of sp³-hybridized carbons (Fsp3) is 0.851. The molecular formula is C47H80O2. The number of fused-ring (bicyclic) bond motifs is 5. The summed E-state index contributed by atoms with van der Waals surface area (Å²) in [5.74, 6) is 4.51. The Morgan fingerprint density at radius 3 is 2.04 bits per heavy atom. The molecule has 49 heavy (non-hydrogen) atoms. The van der Waals surface area contributed by atoms with Crippen LogP contribution in [0.4, 0.5) is 0 Å². The van der Waals surface area contributed by atoms with Crippen molar-refractivity contribution in [2.45, 2.75) is 208 Å². The Morgan fingerprint density at radius 1 is 0.837 bits per heavy atom. The molecule has 3 fully saturated rings. The van der Waals surface area contributed by atoms with Gasteiger partial charge in [0, 0.05) is 12.8 Å².